The van der Waals surface area contributed by atoms with Crippen molar-refractivity contribution in [2.75, 3.05) is 18.4 Å². The number of nitrogens with one attached hydrogen (secondary N) is 1. The van der Waals surface area contributed by atoms with Gasteiger partial charge < -0.3 is 9.64 Å². The number of nitrogens with zero attached hydrogens (tertiary/aromatic N) is 1. The van der Waals surface area contributed by atoms with Crippen LogP contribution in [-0.2, 0) is 32.5 Å². The molecule has 0 bridgehead atoms. The standard InChI is InChI=1S/C21H24N2O5S2/c1-4-5-9-18(24)23-11-10-16-17(13-23)29-21(19(16)20(25)28-3)30(26,27)22-15-8-6-7-14(2)12-15/h4,6-8,12,22H,1,5,9-11,13H2,2-3H3. The Labute approximate surface area is 180 Å². The molecule has 30 heavy (non-hydrogen) atoms. The summed E-state index contributed by atoms with van der Waals surface area (Å²) in [6, 6.07) is 6.97. The third kappa shape index (κ3) is 4.57. The summed E-state index contributed by atoms with van der Waals surface area (Å²) in [4.78, 5) is 27.2. The zero-order valence-electron chi connectivity index (χ0n) is 16.9. The van der Waals surface area contributed by atoms with Crippen molar-refractivity contribution in [3.05, 3.63) is 58.5 Å². The highest BCUT2D eigenvalue weighted by Crippen LogP contribution is 2.37. The lowest BCUT2D eigenvalue weighted by Gasteiger charge is -2.27. The largest absolute Gasteiger partial charge is 0.465 e. The van der Waals surface area contributed by atoms with E-state index in [0.29, 0.717) is 41.9 Å². The fraction of sp³-hybridized carbons (Fsp3) is 0.333. The van der Waals surface area contributed by atoms with Crippen molar-refractivity contribution in [3.8, 4) is 0 Å². The van der Waals surface area contributed by atoms with E-state index in [-0.39, 0.29) is 22.2 Å². The minimum atomic E-state index is -4.01. The van der Waals surface area contributed by atoms with Gasteiger partial charge in [0.1, 0.15) is 0 Å². The highest BCUT2D eigenvalue weighted by atomic mass is 32.2. The Hall–Kier alpha value is -2.65. The van der Waals surface area contributed by atoms with Crippen LogP contribution in [0.25, 0.3) is 0 Å². The molecule has 0 fully saturated rings. The maximum Gasteiger partial charge on any atom is 0.340 e. The number of hydrogen-bond acceptors (Lipinski definition) is 6. The second-order valence-corrected chi connectivity index (χ2v) is 10.0. The number of rotatable bonds is 7. The molecule has 0 saturated heterocycles. The molecule has 1 aliphatic rings. The van der Waals surface area contributed by atoms with E-state index in [9.17, 15) is 18.0 Å². The third-order valence-electron chi connectivity index (χ3n) is 4.84. The van der Waals surface area contributed by atoms with Gasteiger partial charge in [-0.25, -0.2) is 13.2 Å². The minimum Gasteiger partial charge on any atom is -0.465 e. The molecule has 1 aliphatic heterocycles. The lowest BCUT2D eigenvalue weighted by atomic mass is 10.0. The van der Waals surface area contributed by atoms with Gasteiger partial charge in [0.15, 0.2) is 4.21 Å². The van der Waals surface area contributed by atoms with Gasteiger partial charge in [-0.1, -0.05) is 18.2 Å². The molecule has 1 amide bonds. The molecule has 7 nitrogen and oxygen atoms in total. The zero-order chi connectivity index (χ0) is 21.9. The van der Waals surface area contributed by atoms with Crippen molar-refractivity contribution in [2.45, 2.75) is 36.9 Å². The van der Waals surface area contributed by atoms with Gasteiger partial charge in [-0.15, -0.1) is 17.9 Å². The van der Waals surface area contributed by atoms with Crippen LogP contribution in [0.15, 0.2) is 41.1 Å². The van der Waals surface area contributed by atoms with E-state index in [2.05, 4.69) is 11.3 Å². The number of thiophene rings is 1. The Kier molecular flexibility index (Phi) is 6.62. The van der Waals surface area contributed by atoms with Crippen LogP contribution in [0.3, 0.4) is 0 Å². The number of ether oxygens (including phenoxy) is 1. The number of anilines is 1. The van der Waals surface area contributed by atoms with Crippen LogP contribution in [-0.4, -0.2) is 38.8 Å². The molecule has 1 aromatic carbocycles. The number of hydrogen-bond donors (Lipinski definition) is 1. The molecule has 0 atom stereocenters. The van der Waals surface area contributed by atoms with Crippen LogP contribution in [0.4, 0.5) is 5.69 Å². The number of benzene rings is 1. The van der Waals surface area contributed by atoms with E-state index in [1.807, 2.05) is 13.0 Å². The van der Waals surface area contributed by atoms with E-state index in [1.54, 1.807) is 29.2 Å². The fourth-order valence-corrected chi connectivity index (χ4v) is 6.33. The van der Waals surface area contributed by atoms with E-state index in [4.69, 9.17) is 4.74 Å². The summed E-state index contributed by atoms with van der Waals surface area (Å²) in [5, 5.41) is 0. The van der Waals surface area contributed by atoms with Crippen molar-refractivity contribution in [1.82, 2.24) is 4.90 Å². The Balaban J connectivity index is 1.97. The van der Waals surface area contributed by atoms with Crippen molar-refractivity contribution < 1.29 is 22.7 Å². The van der Waals surface area contributed by atoms with Gasteiger partial charge in [0, 0.05) is 23.5 Å². The monoisotopic (exact) mass is 448 g/mol. The van der Waals surface area contributed by atoms with Gasteiger partial charge in [0.2, 0.25) is 5.91 Å². The molecule has 9 heteroatoms. The molecule has 1 N–H and O–H groups in total. The Morgan fingerprint density at radius 3 is 2.80 bits per heavy atom. The van der Waals surface area contributed by atoms with Crippen molar-refractivity contribution in [1.29, 1.82) is 0 Å². The smallest absolute Gasteiger partial charge is 0.340 e. The number of carbonyl (C=O) groups excluding carboxylic acids is 2. The van der Waals surface area contributed by atoms with Crippen LogP contribution in [0, 0.1) is 6.92 Å². The Morgan fingerprint density at radius 1 is 1.37 bits per heavy atom. The predicted molar refractivity (Wildman–Crippen MR) is 116 cm³/mol. The summed E-state index contributed by atoms with van der Waals surface area (Å²) in [5.41, 5.74) is 2.03. The van der Waals surface area contributed by atoms with Crippen LogP contribution >= 0.6 is 11.3 Å². The average Bonchev–Trinajstić information content (AvgIpc) is 3.11. The highest BCUT2D eigenvalue weighted by Gasteiger charge is 2.35. The van der Waals surface area contributed by atoms with Gasteiger partial charge >= 0.3 is 5.97 Å². The van der Waals surface area contributed by atoms with Gasteiger partial charge in [-0.3, -0.25) is 9.52 Å². The molecule has 1 aromatic heterocycles. The number of amides is 1. The third-order valence-corrected chi connectivity index (χ3v) is 7.96. The molecular formula is C21H24N2O5S2. The van der Waals surface area contributed by atoms with Crippen LogP contribution in [0.2, 0.25) is 0 Å². The SMILES string of the molecule is C=CCCC(=O)N1CCc2c(sc(S(=O)(=O)Nc3cccc(C)c3)c2C(=O)OC)C1. The summed E-state index contributed by atoms with van der Waals surface area (Å²) < 4.78 is 33.6. The maximum atomic E-state index is 13.1. The van der Waals surface area contributed by atoms with E-state index < -0.39 is 16.0 Å². The normalized spacial score (nSPS) is 13.5. The minimum absolute atomic E-state index is 0.0177. The molecule has 160 valence electrons. The van der Waals surface area contributed by atoms with Gasteiger partial charge in [0.05, 0.1) is 19.2 Å². The first kappa shape index (κ1) is 22.0. The summed E-state index contributed by atoms with van der Waals surface area (Å²) in [6.07, 6.45) is 3.03. The molecule has 0 aliphatic carbocycles. The maximum absolute atomic E-state index is 13.1. The van der Waals surface area contributed by atoms with Gasteiger partial charge in [-0.2, -0.15) is 0 Å². The Morgan fingerprint density at radius 2 is 2.13 bits per heavy atom. The lowest BCUT2D eigenvalue weighted by molar-refractivity contribution is -0.131. The lowest BCUT2D eigenvalue weighted by Crippen LogP contribution is -2.35. The molecule has 0 unspecified atom stereocenters. The molecule has 0 spiro atoms. The van der Waals surface area contributed by atoms with Crippen molar-refractivity contribution in [3.63, 3.8) is 0 Å². The predicted octanol–water partition coefficient (Wildman–Crippen LogP) is 3.49. The Bertz CT molecular complexity index is 1090. The summed E-state index contributed by atoms with van der Waals surface area (Å²) >= 11 is 1.02. The second-order valence-electron chi connectivity index (χ2n) is 7.03. The van der Waals surface area contributed by atoms with E-state index in [1.165, 1.54) is 7.11 Å². The number of methoxy groups -OCH3 is 1. The first-order chi connectivity index (χ1) is 14.3. The zero-order valence-corrected chi connectivity index (χ0v) is 18.6. The van der Waals surface area contributed by atoms with E-state index in [0.717, 1.165) is 16.9 Å². The number of allylic oxidation sites excluding steroid dienone is 1. The van der Waals surface area contributed by atoms with E-state index >= 15 is 0 Å². The number of esters is 1. The molecule has 2 heterocycles. The summed E-state index contributed by atoms with van der Waals surface area (Å²) in [5.74, 6) is -0.709. The van der Waals surface area contributed by atoms with Crippen molar-refractivity contribution in [2.24, 2.45) is 0 Å². The molecule has 2 aromatic rings. The van der Waals surface area contributed by atoms with Crippen LogP contribution in [0.1, 0.15) is 39.2 Å². The molecule has 0 radical (unpaired) electrons. The van der Waals surface area contributed by atoms with Crippen molar-refractivity contribution >= 4 is 38.9 Å². The fourth-order valence-electron chi connectivity index (χ4n) is 3.38. The quantitative estimate of drug-likeness (QED) is 0.517. The summed E-state index contributed by atoms with van der Waals surface area (Å²) in [6.45, 7) is 6.19. The number of fused-ring (bicyclic) bond motifs is 1. The first-order valence-corrected chi connectivity index (χ1v) is 11.8. The first-order valence-electron chi connectivity index (χ1n) is 9.48. The van der Waals surface area contributed by atoms with Crippen LogP contribution in [0.5, 0.6) is 0 Å². The highest BCUT2D eigenvalue weighted by molar-refractivity contribution is 7.94. The van der Waals surface area contributed by atoms with Gasteiger partial charge in [-0.05, 0) is 43.0 Å². The topological polar surface area (TPSA) is 92.8 Å². The molecular weight excluding hydrogens is 424 g/mol. The summed E-state index contributed by atoms with van der Waals surface area (Å²) in [7, 11) is -2.78. The number of carbonyl (C=O) groups is 2. The number of sulfonamides is 1. The molecule has 3 rings (SSSR count). The second kappa shape index (κ2) is 9.01. The van der Waals surface area contributed by atoms with Crippen LogP contribution < -0.4 is 4.72 Å². The molecule has 0 saturated carbocycles. The van der Waals surface area contributed by atoms with Gasteiger partial charge in [0.25, 0.3) is 10.0 Å². The number of aryl methyl sites for hydroxylation is 1. The average molecular weight is 449 g/mol.